The second kappa shape index (κ2) is 6.23. The Morgan fingerprint density at radius 2 is 1.82 bits per heavy atom. The molecule has 1 amide bonds. The summed E-state index contributed by atoms with van der Waals surface area (Å²) in [5.74, 6) is -0.464. The first-order valence-corrected chi connectivity index (χ1v) is 10.2. The predicted octanol–water partition coefficient (Wildman–Crippen LogP) is 3.90. The Hall–Kier alpha value is -2.55. The first kappa shape index (κ1) is 18.8. The van der Waals surface area contributed by atoms with Crippen molar-refractivity contribution in [3.05, 3.63) is 53.1 Å². The number of nitrogens with zero attached hydrogens (tertiary/aromatic N) is 1. The van der Waals surface area contributed by atoms with Crippen LogP contribution in [0.25, 0.3) is 0 Å². The number of nitrogens with one attached hydrogen (secondary N) is 1. The van der Waals surface area contributed by atoms with Crippen LogP contribution in [0.2, 0.25) is 0 Å². The molecule has 0 saturated carbocycles. The first-order chi connectivity index (χ1) is 13.1. The molecule has 2 aromatic carbocycles. The average Bonchev–Trinajstić information content (AvgIpc) is 2.88. The average molecular weight is 410 g/mol. The number of halogens is 3. The number of carbonyl (C=O) groups excluding carboxylic acids is 1. The number of aryl methyl sites for hydroxylation is 1. The molecular formula is C19H17F3N2O3S. The normalized spacial score (nSPS) is 18.9. The van der Waals surface area contributed by atoms with Gasteiger partial charge in [0.15, 0.2) is 0 Å². The fraction of sp³-hybridized carbons (Fsp3) is 0.316. The minimum atomic E-state index is -4.49. The fourth-order valence-corrected chi connectivity index (χ4v) is 4.91. The zero-order chi connectivity index (χ0) is 20.3. The van der Waals surface area contributed by atoms with Crippen molar-refractivity contribution < 1.29 is 26.4 Å². The smallest absolute Gasteiger partial charge is 0.311 e. The van der Waals surface area contributed by atoms with E-state index in [0.717, 1.165) is 41.9 Å². The second-order valence-corrected chi connectivity index (χ2v) is 8.70. The van der Waals surface area contributed by atoms with Crippen molar-refractivity contribution in [3.63, 3.8) is 0 Å². The summed E-state index contributed by atoms with van der Waals surface area (Å²) in [5, 5.41) is 0. The van der Waals surface area contributed by atoms with Gasteiger partial charge in [-0.05, 0) is 67.3 Å². The van der Waals surface area contributed by atoms with Gasteiger partial charge in [-0.2, -0.15) is 13.2 Å². The molecule has 1 N–H and O–H groups in total. The van der Waals surface area contributed by atoms with Gasteiger partial charge < -0.3 is 4.90 Å². The van der Waals surface area contributed by atoms with Gasteiger partial charge in [0.2, 0.25) is 5.91 Å². The van der Waals surface area contributed by atoms with Crippen molar-refractivity contribution in [2.75, 3.05) is 16.2 Å². The Bertz CT molecular complexity index is 1060. The van der Waals surface area contributed by atoms with Gasteiger partial charge in [0.1, 0.15) is 0 Å². The minimum Gasteiger partial charge on any atom is -0.311 e. The highest BCUT2D eigenvalue weighted by Gasteiger charge is 2.39. The summed E-state index contributed by atoms with van der Waals surface area (Å²) in [6.07, 6.45) is -3.07. The molecule has 9 heteroatoms. The first-order valence-electron chi connectivity index (χ1n) is 8.76. The van der Waals surface area contributed by atoms with Crippen LogP contribution in [0.15, 0.2) is 41.3 Å². The number of benzene rings is 2. The van der Waals surface area contributed by atoms with Crippen LogP contribution in [0.5, 0.6) is 0 Å². The van der Waals surface area contributed by atoms with Gasteiger partial charge >= 0.3 is 6.18 Å². The molecule has 28 heavy (non-hydrogen) atoms. The van der Waals surface area contributed by atoms with Gasteiger partial charge in [-0.25, -0.2) is 8.42 Å². The lowest BCUT2D eigenvalue weighted by atomic mass is 9.97. The molecule has 2 aliphatic rings. The van der Waals surface area contributed by atoms with E-state index in [1.807, 2.05) is 0 Å². The lowest BCUT2D eigenvalue weighted by Gasteiger charge is -2.26. The molecule has 0 radical (unpaired) electrons. The van der Waals surface area contributed by atoms with E-state index in [2.05, 4.69) is 4.72 Å². The molecule has 2 heterocycles. The summed E-state index contributed by atoms with van der Waals surface area (Å²) in [5.41, 5.74) is 1.46. The van der Waals surface area contributed by atoms with E-state index >= 15 is 0 Å². The quantitative estimate of drug-likeness (QED) is 0.835. The zero-order valence-corrected chi connectivity index (χ0v) is 15.7. The van der Waals surface area contributed by atoms with Crippen LogP contribution in [0.1, 0.15) is 36.0 Å². The van der Waals surface area contributed by atoms with Crippen molar-refractivity contribution in [2.45, 2.75) is 36.8 Å². The summed E-state index contributed by atoms with van der Waals surface area (Å²) >= 11 is 0. The topological polar surface area (TPSA) is 66.5 Å². The predicted molar refractivity (Wildman–Crippen MR) is 97.8 cm³/mol. The Balaban J connectivity index is 1.69. The number of hydrogen-bond donors (Lipinski definition) is 1. The third-order valence-corrected chi connectivity index (χ3v) is 6.53. The second-order valence-electron chi connectivity index (χ2n) is 7.02. The maximum atomic E-state index is 12.8. The van der Waals surface area contributed by atoms with Crippen LogP contribution in [0.4, 0.5) is 24.5 Å². The van der Waals surface area contributed by atoms with E-state index in [1.165, 1.54) is 6.07 Å². The molecule has 0 bridgehead atoms. The van der Waals surface area contributed by atoms with Crippen molar-refractivity contribution in [3.8, 4) is 0 Å². The lowest BCUT2D eigenvalue weighted by Crippen LogP contribution is -2.32. The molecule has 148 valence electrons. The van der Waals surface area contributed by atoms with Crippen molar-refractivity contribution in [1.29, 1.82) is 0 Å². The van der Waals surface area contributed by atoms with Gasteiger partial charge in [-0.15, -0.1) is 0 Å². The summed E-state index contributed by atoms with van der Waals surface area (Å²) in [6.45, 7) is 2.37. The van der Waals surface area contributed by atoms with Crippen LogP contribution < -0.4 is 9.62 Å². The van der Waals surface area contributed by atoms with Gasteiger partial charge in [0.25, 0.3) is 10.0 Å². The summed E-state index contributed by atoms with van der Waals surface area (Å²) in [7, 11) is -4.01. The fourth-order valence-electron chi connectivity index (χ4n) is 3.76. The molecule has 1 unspecified atom stereocenters. The number of carbonyl (C=O) groups is 1. The molecule has 2 aliphatic heterocycles. The van der Waals surface area contributed by atoms with Crippen LogP contribution in [0.3, 0.4) is 0 Å². The number of alkyl halides is 3. The van der Waals surface area contributed by atoms with E-state index in [-0.39, 0.29) is 16.5 Å². The van der Waals surface area contributed by atoms with E-state index in [0.29, 0.717) is 18.5 Å². The van der Waals surface area contributed by atoms with Crippen molar-refractivity contribution >= 4 is 27.3 Å². The number of amides is 1. The van der Waals surface area contributed by atoms with Gasteiger partial charge in [-0.1, -0.05) is 0 Å². The van der Waals surface area contributed by atoms with Crippen LogP contribution >= 0.6 is 0 Å². The molecule has 2 aromatic rings. The number of rotatable bonds is 3. The summed E-state index contributed by atoms with van der Waals surface area (Å²) in [4.78, 5) is 14.1. The van der Waals surface area contributed by atoms with Crippen LogP contribution in [0, 0.1) is 0 Å². The standard InChI is InChI=1S/C19H17F3N2O3S/c1-11-16-10-15(9-12-3-2-8-24(17(12)16)18(11)25)28(26,27)23-14-6-4-13(5-7-14)19(20,21)22/h4-7,9-11,23H,2-3,8H2,1H3. The van der Waals surface area contributed by atoms with E-state index in [9.17, 15) is 26.4 Å². The lowest BCUT2D eigenvalue weighted by molar-refractivity contribution is -0.137. The molecule has 0 aromatic heterocycles. The molecule has 5 nitrogen and oxygen atoms in total. The summed E-state index contributed by atoms with van der Waals surface area (Å²) < 4.78 is 65.9. The van der Waals surface area contributed by atoms with E-state index < -0.39 is 27.7 Å². The van der Waals surface area contributed by atoms with Crippen molar-refractivity contribution in [2.24, 2.45) is 0 Å². The van der Waals surface area contributed by atoms with Crippen molar-refractivity contribution in [1.82, 2.24) is 0 Å². The van der Waals surface area contributed by atoms with Gasteiger partial charge in [0.05, 0.1) is 22.1 Å². The molecule has 0 fully saturated rings. The monoisotopic (exact) mass is 410 g/mol. The van der Waals surface area contributed by atoms with Gasteiger partial charge in [0, 0.05) is 12.2 Å². The Morgan fingerprint density at radius 3 is 2.46 bits per heavy atom. The molecule has 0 spiro atoms. The minimum absolute atomic E-state index is 0.00421. The SMILES string of the molecule is CC1C(=O)N2CCCc3cc(S(=O)(=O)Nc4ccc(C(F)(F)F)cc4)cc1c32. The maximum absolute atomic E-state index is 12.8. The highest BCUT2D eigenvalue weighted by molar-refractivity contribution is 7.92. The molecule has 4 rings (SSSR count). The molecular weight excluding hydrogens is 393 g/mol. The molecule has 0 aliphatic carbocycles. The molecule has 0 saturated heterocycles. The van der Waals surface area contributed by atoms with E-state index in [4.69, 9.17) is 0 Å². The Labute approximate surface area is 160 Å². The highest BCUT2D eigenvalue weighted by Crippen LogP contribution is 2.44. The maximum Gasteiger partial charge on any atom is 0.416 e. The van der Waals surface area contributed by atoms with Gasteiger partial charge in [-0.3, -0.25) is 9.52 Å². The summed E-state index contributed by atoms with van der Waals surface area (Å²) in [6, 6.07) is 6.82. The van der Waals surface area contributed by atoms with E-state index in [1.54, 1.807) is 17.9 Å². The van der Waals surface area contributed by atoms with Crippen LogP contribution in [-0.4, -0.2) is 20.9 Å². The Morgan fingerprint density at radius 1 is 1.14 bits per heavy atom. The number of sulfonamides is 1. The third kappa shape index (κ3) is 3.03. The van der Waals surface area contributed by atoms with Crippen LogP contribution in [-0.2, 0) is 27.4 Å². The number of anilines is 2. The zero-order valence-electron chi connectivity index (χ0n) is 14.9. The molecule has 1 atom stereocenters. The highest BCUT2D eigenvalue weighted by atomic mass is 32.2. The third-order valence-electron chi connectivity index (χ3n) is 5.17. The number of hydrogen-bond acceptors (Lipinski definition) is 3. The largest absolute Gasteiger partial charge is 0.416 e. The Kier molecular flexibility index (Phi) is 4.18.